The van der Waals surface area contributed by atoms with E-state index in [1.165, 1.54) is 26.0 Å². The van der Waals surface area contributed by atoms with Gasteiger partial charge in [0.2, 0.25) is 5.91 Å². The maximum atomic E-state index is 13.0. The number of carbonyl (C=O) groups excluding carboxylic acids is 2. The number of halogens is 3. The number of methoxy groups -OCH3 is 1. The molecule has 0 saturated carbocycles. The van der Waals surface area contributed by atoms with E-state index in [9.17, 15) is 32.7 Å². The molecule has 1 heterocycles. The molecule has 174 valence electrons. The number of anilines is 1. The van der Waals surface area contributed by atoms with Gasteiger partial charge in [-0.3, -0.25) is 19.5 Å². The molecule has 0 fully saturated rings. The molecule has 1 aromatic carbocycles. The Kier molecular flexibility index (Phi) is 8.03. The molecule has 0 radical (unpaired) electrons. The molecule has 0 spiro atoms. The first-order valence-corrected chi connectivity index (χ1v) is 9.64. The number of hydrogen-bond donors (Lipinski definition) is 3. The predicted molar refractivity (Wildman–Crippen MR) is 111 cm³/mol. The van der Waals surface area contributed by atoms with Gasteiger partial charge in [0.05, 0.1) is 18.8 Å². The van der Waals surface area contributed by atoms with Crippen LogP contribution >= 0.6 is 0 Å². The fraction of sp³-hybridized carbons (Fsp3) is 0.381. The second-order valence-corrected chi connectivity index (χ2v) is 7.33. The van der Waals surface area contributed by atoms with Crippen LogP contribution in [0.4, 0.5) is 23.7 Å². The van der Waals surface area contributed by atoms with Gasteiger partial charge in [-0.2, -0.15) is 13.2 Å². The summed E-state index contributed by atoms with van der Waals surface area (Å²) in [4.78, 5) is 37.1. The number of amides is 2. The Hall–Kier alpha value is -3.34. The molecule has 32 heavy (non-hydrogen) atoms. The molecule has 2 unspecified atom stereocenters. The zero-order chi connectivity index (χ0) is 24.1. The maximum absolute atomic E-state index is 13.0. The molecule has 3 N–H and O–H groups in total. The Labute approximate surface area is 182 Å². The molecule has 2 aromatic rings. The third-order valence-electron chi connectivity index (χ3n) is 4.69. The smallest absolute Gasteiger partial charge is 0.416 e. The van der Waals surface area contributed by atoms with E-state index in [-0.39, 0.29) is 5.69 Å². The summed E-state index contributed by atoms with van der Waals surface area (Å²) < 4.78 is 44.4. The van der Waals surface area contributed by atoms with Crippen molar-refractivity contribution in [1.82, 2.24) is 9.88 Å². The zero-order valence-corrected chi connectivity index (χ0v) is 17.6. The van der Waals surface area contributed by atoms with E-state index < -0.39 is 48.3 Å². The number of aliphatic hydroxyl groups is 1. The van der Waals surface area contributed by atoms with Gasteiger partial charge in [0, 0.05) is 0 Å². The first kappa shape index (κ1) is 24.9. The van der Waals surface area contributed by atoms with Crippen LogP contribution in [0.3, 0.4) is 0 Å². The quantitative estimate of drug-likeness (QED) is 0.595. The minimum atomic E-state index is -4.93. The summed E-state index contributed by atoms with van der Waals surface area (Å²) in [6, 6.07) is 9.73. The first-order valence-electron chi connectivity index (χ1n) is 9.64. The van der Waals surface area contributed by atoms with Gasteiger partial charge >= 0.3 is 12.3 Å². The number of aromatic nitrogens is 1. The molecule has 0 saturated heterocycles. The standard InChI is InChI=1S/C21H24F3N3O5/c1-12(2)17(18(29)21(22,23)24)26-16(28)11-27-15(13-7-5-4-6-8-13)10-9-14(19(27)30)25-20(31)32-3/h4-10,12,17-18,29H,11H2,1-3H3,(H,25,31)(H,26,28). The predicted octanol–water partition coefficient (Wildman–Crippen LogP) is 2.76. The number of nitrogens with zero attached hydrogens (tertiary/aromatic N) is 1. The fourth-order valence-corrected chi connectivity index (χ4v) is 3.04. The molecule has 1 aromatic heterocycles. The van der Waals surface area contributed by atoms with Crippen LogP contribution in [0.1, 0.15) is 13.8 Å². The normalized spacial score (nSPS) is 13.4. The number of benzene rings is 1. The third-order valence-corrected chi connectivity index (χ3v) is 4.69. The highest BCUT2D eigenvalue weighted by molar-refractivity contribution is 5.85. The number of carbonyl (C=O) groups is 2. The number of rotatable bonds is 7. The van der Waals surface area contributed by atoms with Gasteiger partial charge in [-0.15, -0.1) is 0 Å². The average Bonchev–Trinajstić information content (AvgIpc) is 2.74. The van der Waals surface area contributed by atoms with E-state index in [1.54, 1.807) is 30.3 Å². The van der Waals surface area contributed by atoms with Crippen molar-refractivity contribution < 1.29 is 32.6 Å². The van der Waals surface area contributed by atoms with E-state index in [0.29, 0.717) is 11.3 Å². The highest BCUT2D eigenvalue weighted by Gasteiger charge is 2.45. The van der Waals surface area contributed by atoms with Gasteiger partial charge in [0.1, 0.15) is 12.2 Å². The highest BCUT2D eigenvalue weighted by Crippen LogP contribution is 2.25. The Morgan fingerprint density at radius 3 is 2.28 bits per heavy atom. The van der Waals surface area contributed by atoms with E-state index >= 15 is 0 Å². The van der Waals surface area contributed by atoms with Crippen molar-refractivity contribution in [2.75, 3.05) is 12.4 Å². The van der Waals surface area contributed by atoms with Crippen molar-refractivity contribution in [1.29, 1.82) is 0 Å². The summed E-state index contributed by atoms with van der Waals surface area (Å²) in [5.41, 5.74) is -0.0687. The summed E-state index contributed by atoms with van der Waals surface area (Å²) in [5, 5.41) is 14.0. The van der Waals surface area contributed by atoms with Gasteiger partial charge < -0.3 is 15.2 Å². The van der Waals surface area contributed by atoms with Gasteiger partial charge in [-0.25, -0.2) is 4.79 Å². The second kappa shape index (κ2) is 10.3. The van der Waals surface area contributed by atoms with Crippen LogP contribution in [0, 0.1) is 5.92 Å². The molecule has 0 aliphatic rings. The van der Waals surface area contributed by atoms with Gasteiger partial charge in [0.15, 0.2) is 6.10 Å². The minimum Gasteiger partial charge on any atom is -0.453 e. The number of hydrogen-bond acceptors (Lipinski definition) is 5. The molecule has 2 rings (SSSR count). The van der Waals surface area contributed by atoms with Crippen molar-refractivity contribution in [3.8, 4) is 11.3 Å². The second-order valence-electron chi connectivity index (χ2n) is 7.33. The lowest BCUT2D eigenvalue weighted by atomic mass is 9.98. The Bertz CT molecular complexity index is 1010. The topological polar surface area (TPSA) is 110 Å². The van der Waals surface area contributed by atoms with Gasteiger partial charge in [0.25, 0.3) is 5.56 Å². The van der Waals surface area contributed by atoms with Crippen LogP contribution in [0.2, 0.25) is 0 Å². The zero-order valence-electron chi connectivity index (χ0n) is 17.6. The van der Waals surface area contributed by atoms with E-state index in [2.05, 4.69) is 15.4 Å². The molecule has 0 bridgehead atoms. The largest absolute Gasteiger partial charge is 0.453 e. The lowest BCUT2D eigenvalue weighted by molar-refractivity contribution is -0.215. The van der Waals surface area contributed by atoms with Crippen LogP contribution in [-0.2, 0) is 16.1 Å². The lowest BCUT2D eigenvalue weighted by Crippen LogP contribution is -2.53. The van der Waals surface area contributed by atoms with Crippen LogP contribution in [-0.4, -0.2) is 47.1 Å². The van der Waals surface area contributed by atoms with Crippen LogP contribution in [0.5, 0.6) is 0 Å². The van der Waals surface area contributed by atoms with Crippen molar-refractivity contribution >= 4 is 17.7 Å². The van der Waals surface area contributed by atoms with Crippen LogP contribution < -0.4 is 16.2 Å². The molecular formula is C21H24F3N3O5. The van der Waals surface area contributed by atoms with E-state index in [0.717, 1.165) is 11.7 Å². The first-order chi connectivity index (χ1) is 15.0. The molecule has 0 aliphatic heterocycles. The summed E-state index contributed by atoms with van der Waals surface area (Å²) in [6.07, 6.45) is -8.61. The van der Waals surface area contributed by atoms with Gasteiger partial charge in [-0.1, -0.05) is 44.2 Å². The monoisotopic (exact) mass is 455 g/mol. The van der Waals surface area contributed by atoms with Crippen LogP contribution in [0.15, 0.2) is 47.3 Å². The summed E-state index contributed by atoms with van der Waals surface area (Å²) in [7, 11) is 1.11. The maximum Gasteiger partial charge on any atom is 0.416 e. The fourth-order valence-electron chi connectivity index (χ4n) is 3.04. The Morgan fingerprint density at radius 1 is 1.12 bits per heavy atom. The Morgan fingerprint density at radius 2 is 1.75 bits per heavy atom. The van der Waals surface area contributed by atoms with Crippen molar-refractivity contribution in [2.45, 2.75) is 38.7 Å². The minimum absolute atomic E-state index is 0.180. The third kappa shape index (κ3) is 6.10. The summed E-state index contributed by atoms with van der Waals surface area (Å²) in [6.45, 7) is 2.19. The van der Waals surface area contributed by atoms with E-state index in [1.807, 2.05) is 0 Å². The molecule has 11 heteroatoms. The molecule has 2 atom stereocenters. The molecular weight excluding hydrogens is 431 g/mol. The lowest BCUT2D eigenvalue weighted by Gasteiger charge is -2.29. The SMILES string of the molecule is COC(=O)Nc1ccc(-c2ccccc2)n(CC(=O)NC(C(C)C)C(O)C(F)(F)F)c1=O. The van der Waals surface area contributed by atoms with Crippen molar-refractivity contribution in [2.24, 2.45) is 5.92 Å². The summed E-state index contributed by atoms with van der Waals surface area (Å²) in [5.74, 6) is -1.66. The van der Waals surface area contributed by atoms with E-state index in [4.69, 9.17) is 0 Å². The number of aliphatic hydroxyl groups excluding tert-OH is 1. The number of nitrogens with one attached hydrogen (secondary N) is 2. The molecule has 2 amide bonds. The number of ether oxygens (including phenoxy) is 1. The number of pyridine rings is 1. The van der Waals surface area contributed by atoms with Crippen molar-refractivity contribution in [3.63, 3.8) is 0 Å². The summed E-state index contributed by atoms with van der Waals surface area (Å²) >= 11 is 0. The van der Waals surface area contributed by atoms with Gasteiger partial charge in [-0.05, 0) is 23.6 Å². The van der Waals surface area contributed by atoms with Crippen molar-refractivity contribution in [3.05, 3.63) is 52.8 Å². The molecule has 8 nitrogen and oxygen atoms in total. The highest BCUT2D eigenvalue weighted by atomic mass is 19.4. The number of alkyl halides is 3. The average molecular weight is 455 g/mol. The Balaban J connectivity index is 2.43. The molecule has 0 aliphatic carbocycles. The van der Waals surface area contributed by atoms with Crippen LogP contribution in [0.25, 0.3) is 11.3 Å².